The molecule has 0 saturated heterocycles. The van der Waals surface area contributed by atoms with Crippen molar-refractivity contribution in [2.24, 2.45) is 11.7 Å². The van der Waals surface area contributed by atoms with Gasteiger partial charge in [-0.3, -0.25) is 4.79 Å². The molecule has 6 heteroatoms. The maximum Gasteiger partial charge on any atom is 0.312 e. The second-order valence-electron chi connectivity index (χ2n) is 6.52. The van der Waals surface area contributed by atoms with Crippen molar-refractivity contribution in [3.05, 3.63) is 71.5 Å². The van der Waals surface area contributed by atoms with Gasteiger partial charge < -0.3 is 16.4 Å². The molecule has 4 N–H and O–H groups in total. The molecule has 0 aromatic heterocycles. The first-order valence-electron chi connectivity index (χ1n) is 8.52. The largest absolute Gasteiger partial charge is 0.352 e. The number of nitrogens with one attached hydrogen (secondary N) is 2. The van der Waals surface area contributed by atoms with Crippen LogP contribution >= 0.6 is 0 Å². The molecule has 0 aliphatic rings. The van der Waals surface area contributed by atoms with E-state index in [1.807, 2.05) is 44.2 Å². The molecule has 2 aromatic rings. The molecule has 0 unspecified atom stereocenters. The van der Waals surface area contributed by atoms with E-state index >= 15 is 0 Å². The molecule has 5 nitrogen and oxygen atoms in total. The monoisotopic (exact) mass is 357 g/mol. The quantitative estimate of drug-likeness (QED) is 0.709. The Balaban J connectivity index is 2.12. The summed E-state index contributed by atoms with van der Waals surface area (Å²) in [5, 5.41) is 5.58. The van der Waals surface area contributed by atoms with Gasteiger partial charge in [0.2, 0.25) is 5.91 Å². The van der Waals surface area contributed by atoms with Crippen LogP contribution in [0.1, 0.15) is 43.5 Å². The second kappa shape index (κ2) is 8.99. The predicted molar refractivity (Wildman–Crippen MR) is 98.6 cm³/mol. The zero-order chi connectivity index (χ0) is 19.1. The van der Waals surface area contributed by atoms with Gasteiger partial charge in [-0.1, -0.05) is 56.3 Å². The van der Waals surface area contributed by atoms with E-state index < -0.39 is 12.1 Å². The highest BCUT2D eigenvalue weighted by Gasteiger charge is 2.22. The second-order valence-corrected chi connectivity index (χ2v) is 6.52. The summed E-state index contributed by atoms with van der Waals surface area (Å²) < 4.78 is 13.2. The normalized spacial score (nSPS) is 13.1. The van der Waals surface area contributed by atoms with Crippen LogP contribution in [0.2, 0.25) is 0 Å². The van der Waals surface area contributed by atoms with Gasteiger partial charge in [0.05, 0.1) is 18.5 Å². The SMILES string of the molecule is CC(C)[C@@H](NC(=O)C[C@@H](NC(N)=O)c1ccccc1)c1ccc(F)cc1. The van der Waals surface area contributed by atoms with E-state index in [0.717, 1.165) is 11.1 Å². The summed E-state index contributed by atoms with van der Waals surface area (Å²) in [6.45, 7) is 3.95. The van der Waals surface area contributed by atoms with Crippen LogP contribution in [0.25, 0.3) is 0 Å². The van der Waals surface area contributed by atoms with Crippen LogP contribution in [-0.4, -0.2) is 11.9 Å². The first kappa shape index (κ1) is 19.4. The first-order valence-corrected chi connectivity index (χ1v) is 8.52. The Kier molecular flexibility index (Phi) is 6.72. The molecule has 2 rings (SSSR count). The lowest BCUT2D eigenvalue weighted by atomic mass is 9.95. The van der Waals surface area contributed by atoms with Gasteiger partial charge in [0.1, 0.15) is 5.82 Å². The summed E-state index contributed by atoms with van der Waals surface area (Å²) in [5.74, 6) is -0.434. The van der Waals surface area contributed by atoms with Crippen molar-refractivity contribution in [1.82, 2.24) is 10.6 Å². The number of carbonyl (C=O) groups excluding carboxylic acids is 2. The van der Waals surface area contributed by atoms with Crippen LogP contribution in [-0.2, 0) is 4.79 Å². The Morgan fingerprint density at radius 2 is 1.58 bits per heavy atom. The van der Waals surface area contributed by atoms with E-state index in [1.165, 1.54) is 12.1 Å². The Labute approximate surface area is 152 Å². The van der Waals surface area contributed by atoms with Crippen LogP contribution in [0, 0.1) is 11.7 Å². The Bertz CT molecular complexity index is 732. The lowest BCUT2D eigenvalue weighted by Gasteiger charge is -2.25. The lowest BCUT2D eigenvalue weighted by Crippen LogP contribution is -2.38. The van der Waals surface area contributed by atoms with Crippen LogP contribution in [0.4, 0.5) is 9.18 Å². The molecule has 0 fully saturated rings. The van der Waals surface area contributed by atoms with Gasteiger partial charge in [0.15, 0.2) is 0 Å². The molecule has 3 amide bonds. The van der Waals surface area contributed by atoms with Crippen molar-refractivity contribution in [1.29, 1.82) is 0 Å². The summed E-state index contributed by atoms with van der Waals surface area (Å²) in [7, 11) is 0. The number of carbonyl (C=O) groups is 2. The number of hydrogen-bond acceptors (Lipinski definition) is 2. The van der Waals surface area contributed by atoms with E-state index in [-0.39, 0.29) is 30.1 Å². The van der Waals surface area contributed by atoms with Gasteiger partial charge in [-0.15, -0.1) is 0 Å². The Morgan fingerprint density at radius 3 is 2.12 bits per heavy atom. The van der Waals surface area contributed by atoms with Crippen molar-refractivity contribution >= 4 is 11.9 Å². The van der Waals surface area contributed by atoms with E-state index in [2.05, 4.69) is 10.6 Å². The van der Waals surface area contributed by atoms with Gasteiger partial charge in [-0.25, -0.2) is 9.18 Å². The van der Waals surface area contributed by atoms with Crippen LogP contribution in [0.5, 0.6) is 0 Å². The minimum atomic E-state index is -0.689. The first-order chi connectivity index (χ1) is 12.4. The molecular formula is C20H24FN3O2. The lowest BCUT2D eigenvalue weighted by molar-refractivity contribution is -0.122. The highest BCUT2D eigenvalue weighted by Crippen LogP contribution is 2.23. The van der Waals surface area contributed by atoms with E-state index in [4.69, 9.17) is 5.73 Å². The summed E-state index contributed by atoms with van der Waals surface area (Å²) in [5.41, 5.74) is 6.87. The standard InChI is InChI=1S/C20H24FN3O2/c1-13(2)19(15-8-10-16(21)11-9-15)24-18(25)12-17(23-20(22)26)14-6-4-3-5-7-14/h3-11,13,17,19H,12H2,1-2H3,(H,24,25)(H3,22,23,26)/t17-,19-/m1/s1. The van der Waals surface area contributed by atoms with Crippen molar-refractivity contribution < 1.29 is 14.0 Å². The fourth-order valence-corrected chi connectivity index (χ4v) is 2.83. The molecule has 0 saturated carbocycles. The third-order valence-corrected chi connectivity index (χ3v) is 4.12. The minimum absolute atomic E-state index is 0.0529. The van der Waals surface area contributed by atoms with Crippen molar-refractivity contribution in [2.45, 2.75) is 32.4 Å². The van der Waals surface area contributed by atoms with E-state index in [1.54, 1.807) is 12.1 Å². The van der Waals surface area contributed by atoms with Crippen molar-refractivity contribution in [3.63, 3.8) is 0 Å². The molecule has 0 bridgehead atoms. The summed E-state index contributed by atoms with van der Waals surface area (Å²) in [4.78, 5) is 23.9. The maximum absolute atomic E-state index is 13.2. The third kappa shape index (κ3) is 5.58. The summed E-state index contributed by atoms with van der Waals surface area (Å²) >= 11 is 0. The van der Waals surface area contributed by atoms with Gasteiger partial charge in [-0.2, -0.15) is 0 Å². The fraction of sp³-hybridized carbons (Fsp3) is 0.300. The topological polar surface area (TPSA) is 84.2 Å². The molecule has 0 spiro atoms. The molecular weight excluding hydrogens is 333 g/mol. The summed E-state index contributed by atoms with van der Waals surface area (Å²) in [6.07, 6.45) is 0.0529. The van der Waals surface area contributed by atoms with Crippen LogP contribution in [0.15, 0.2) is 54.6 Å². The highest BCUT2D eigenvalue weighted by atomic mass is 19.1. The number of benzene rings is 2. The number of urea groups is 1. The predicted octanol–water partition coefficient (Wildman–Crippen LogP) is 3.44. The number of primary amides is 1. The number of halogens is 1. The number of rotatable bonds is 7. The smallest absolute Gasteiger partial charge is 0.312 e. The molecule has 2 atom stereocenters. The maximum atomic E-state index is 13.2. The molecule has 0 aliphatic heterocycles. The number of amides is 3. The van der Waals surface area contributed by atoms with Crippen LogP contribution in [0.3, 0.4) is 0 Å². The Hall–Kier alpha value is -2.89. The Morgan fingerprint density at radius 1 is 0.962 bits per heavy atom. The highest BCUT2D eigenvalue weighted by molar-refractivity contribution is 5.79. The fourth-order valence-electron chi connectivity index (χ4n) is 2.83. The summed E-state index contributed by atoms with van der Waals surface area (Å²) in [6, 6.07) is 13.8. The molecule has 138 valence electrons. The molecule has 26 heavy (non-hydrogen) atoms. The number of nitrogens with two attached hydrogens (primary N) is 1. The molecule has 0 heterocycles. The number of hydrogen-bond donors (Lipinski definition) is 3. The average molecular weight is 357 g/mol. The average Bonchev–Trinajstić information content (AvgIpc) is 2.60. The molecule has 2 aromatic carbocycles. The van der Waals surface area contributed by atoms with Gasteiger partial charge in [-0.05, 0) is 29.2 Å². The third-order valence-electron chi connectivity index (χ3n) is 4.12. The minimum Gasteiger partial charge on any atom is -0.352 e. The molecule has 0 radical (unpaired) electrons. The van der Waals surface area contributed by atoms with E-state index in [9.17, 15) is 14.0 Å². The zero-order valence-corrected chi connectivity index (χ0v) is 14.9. The van der Waals surface area contributed by atoms with E-state index in [0.29, 0.717) is 0 Å². The van der Waals surface area contributed by atoms with Crippen molar-refractivity contribution in [2.75, 3.05) is 0 Å². The van der Waals surface area contributed by atoms with Crippen molar-refractivity contribution in [3.8, 4) is 0 Å². The zero-order valence-electron chi connectivity index (χ0n) is 14.9. The van der Waals surface area contributed by atoms with Crippen LogP contribution < -0.4 is 16.4 Å². The van der Waals surface area contributed by atoms with Gasteiger partial charge in [0.25, 0.3) is 0 Å². The molecule has 0 aliphatic carbocycles. The van der Waals surface area contributed by atoms with Gasteiger partial charge >= 0.3 is 6.03 Å². The van der Waals surface area contributed by atoms with Gasteiger partial charge in [0, 0.05) is 0 Å².